The van der Waals surface area contributed by atoms with E-state index in [4.69, 9.17) is 10.5 Å². The van der Waals surface area contributed by atoms with E-state index in [1.807, 2.05) is 31.2 Å². The third-order valence-electron chi connectivity index (χ3n) is 1.65. The lowest BCUT2D eigenvalue weighted by molar-refractivity contribution is 0.148. The Morgan fingerprint density at radius 2 is 2.15 bits per heavy atom. The summed E-state index contributed by atoms with van der Waals surface area (Å²) in [4.78, 5) is 10.5. The Balaban J connectivity index is 2.82. The molecule has 0 aliphatic carbocycles. The van der Waals surface area contributed by atoms with Gasteiger partial charge in [-0.1, -0.05) is 24.3 Å². The number of primary amides is 1. The van der Waals surface area contributed by atoms with Gasteiger partial charge in [-0.25, -0.2) is 4.79 Å². The molecule has 4 heteroatoms. The molecule has 0 bridgehead atoms. The van der Waals surface area contributed by atoms with Crippen molar-refractivity contribution >= 4 is 22.0 Å². The molecule has 1 unspecified atom stereocenters. The maximum Gasteiger partial charge on any atom is 0.405 e. The third kappa shape index (κ3) is 2.73. The van der Waals surface area contributed by atoms with Crippen molar-refractivity contribution in [2.24, 2.45) is 5.73 Å². The van der Waals surface area contributed by atoms with Crippen LogP contribution in [-0.2, 0) is 4.74 Å². The van der Waals surface area contributed by atoms with Gasteiger partial charge in [-0.3, -0.25) is 0 Å². The second-order valence-corrected chi connectivity index (χ2v) is 3.44. The number of amides is 1. The average molecular weight is 244 g/mol. The second-order valence-electron chi connectivity index (χ2n) is 2.61. The summed E-state index contributed by atoms with van der Waals surface area (Å²) >= 11 is 3.21. The molecule has 1 rings (SSSR count). The lowest BCUT2D eigenvalue weighted by Gasteiger charge is -2.11. The van der Waals surface area contributed by atoms with Crippen LogP contribution in [-0.4, -0.2) is 6.09 Å². The highest BCUT2D eigenvalue weighted by atomic mass is 79.9. The molecule has 0 radical (unpaired) electrons. The minimum Gasteiger partial charge on any atom is -0.430 e. The Bertz CT molecular complexity index is 314. The van der Waals surface area contributed by atoms with Gasteiger partial charge in [-0.15, -0.1) is 0 Å². The molecule has 0 aromatic heterocycles. The van der Waals surface area contributed by atoms with Gasteiger partial charge in [-0.05, 0) is 28.4 Å². The first kappa shape index (κ1) is 10.1. The van der Waals surface area contributed by atoms with Crippen molar-refractivity contribution in [1.82, 2.24) is 0 Å². The summed E-state index contributed by atoms with van der Waals surface area (Å²) in [6, 6.07) is 7.61. The van der Waals surface area contributed by atoms with Crippen molar-refractivity contribution in [3.63, 3.8) is 0 Å². The number of rotatable bonds is 2. The Hall–Kier alpha value is -1.03. The highest BCUT2D eigenvalue weighted by Crippen LogP contribution is 2.26. The van der Waals surface area contributed by atoms with Gasteiger partial charge in [-0.2, -0.15) is 0 Å². The van der Waals surface area contributed by atoms with E-state index in [-0.39, 0.29) is 0 Å². The van der Waals surface area contributed by atoms with E-state index in [1.54, 1.807) is 0 Å². The lowest BCUT2D eigenvalue weighted by Crippen LogP contribution is -2.14. The number of alkyl halides is 1. The normalized spacial score (nSPS) is 12.2. The van der Waals surface area contributed by atoms with Crippen LogP contribution in [0.25, 0.3) is 0 Å². The number of nitrogens with two attached hydrogens (primary N) is 1. The zero-order valence-corrected chi connectivity index (χ0v) is 8.74. The average Bonchev–Trinajstić information content (AvgIpc) is 2.03. The number of benzene rings is 1. The van der Waals surface area contributed by atoms with Crippen LogP contribution in [0.2, 0.25) is 0 Å². The Kier molecular flexibility index (Phi) is 3.31. The number of hydrogen-bond donors (Lipinski definition) is 1. The summed E-state index contributed by atoms with van der Waals surface area (Å²) in [6.45, 7) is 1.94. The molecule has 13 heavy (non-hydrogen) atoms. The molecule has 1 amide bonds. The summed E-state index contributed by atoms with van der Waals surface area (Å²) in [6.07, 6.45) is -0.787. The van der Waals surface area contributed by atoms with Crippen LogP contribution in [0.1, 0.15) is 16.1 Å². The standard InChI is InChI=1S/C9H10BrNO2/c1-6-4-2-3-5-7(6)8(10)13-9(11)12/h2-5,8H,1H3,(H2,11,12). The minimum absolute atomic E-state index is 0.466. The van der Waals surface area contributed by atoms with Crippen LogP contribution in [0.4, 0.5) is 4.79 Å². The van der Waals surface area contributed by atoms with Gasteiger partial charge in [0.2, 0.25) is 0 Å². The summed E-state index contributed by atoms with van der Waals surface area (Å²) in [5.41, 5.74) is 6.84. The Labute approximate surface area is 85.0 Å². The number of carbonyl (C=O) groups is 1. The third-order valence-corrected chi connectivity index (χ3v) is 2.33. The zero-order chi connectivity index (χ0) is 9.84. The molecule has 0 aliphatic heterocycles. The van der Waals surface area contributed by atoms with Crippen molar-refractivity contribution < 1.29 is 9.53 Å². The van der Waals surface area contributed by atoms with E-state index in [9.17, 15) is 4.79 Å². The van der Waals surface area contributed by atoms with E-state index in [1.165, 1.54) is 0 Å². The van der Waals surface area contributed by atoms with Crippen LogP contribution in [0.5, 0.6) is 0 Å². The molecule has 2 N–H and O–H groups in total. The SMILES string of the molecule is Cc1ccccc1C(Br)OC(N)=O. The molecule has 0 heterocycles. The fraction of sp³-hybridized carbons (Fsp3) is 0.222. The van der Waals surface area contributed by atoms with Gasteiger partial charge < -0.3 is 10.5 Å². The first-order chi connectivity index (χ1) is 6.11. The molecule has 3 nitrogen and oxygen atoms in total. The van der Waals surface area contributed by atoms with E-state index >= 15 is 0 Å². The van der Waals surface area contributed by atoms with Crippen LogP contribution < -0.4 is 5.73 Å². The van der Waals surface area contributed by atoms with Crippen molar-refractivity contribution in [3.8, 4) is 0 Å². The quantitative estimate of drug-likeness (QED) is 0.812. The largest absolute Gasteiger partial charge is 0.430 e. The van der Waals surface area contributed by atoms with Crippen molar-refractivity contribution in [2.75, 3.05) is 0 Å². The Morgan fingerprint density at radius 3 is 2.69 bits per heavy atom. The second kappa shape index (κ2) is 4.28. The lowest BCUT2D eigenvalue weighted by atomic mass is 10.1. The summed E-state index contributed by atoms with van der Waals surface area (Å²) < 4.78 is 4.77. The van der Waals surface area contributed by atoms with Crippen molar-refractivity contribution in [2.45, 2.75) is 11.9 Å². The van der Waals surface area contributed by atoms with E-state index in [0.29, 0.717) is 0 Å². The fourth-order valence-corrected chi connectivity index (χ4v) is 1.70. The zero-order valence-electron chi connectivity index (χ0n) is 7.16. The first-order valence-corrected chi connectivity index (χ1v) is 4.68. The first-order valence-electron chi connectivity index (χ1n) is 3.77. The molecular weight excluding hydrogens is 234 g/mol. The maximum atomic E-state index is 10.5. The van der Waals surface area contributed by atoms with Gasteiger partial charge in [0.15, 0.2) is 5.01 Å². The molecular formula is C9H10BrNO2. The van der Waals surface area contributed by atoms with Crippen LogP contribution >= 0.6 is 15.9 Å². The maximum absolute atomic E-state index is 10.5. The highest BCUT2D eigenvalue weighted by Gasteiger charge is 2.12. The van der Waals surface area contributed by atoms with Crippen molar-refractivity contribution in [3.05, 3.63) is 35.4 Å². The smallest absolute Gasteiger partial charge is 0.405 e. The molecule has 0 saturated carbocycles. The number of hydrogen-bond acceptors (Lipinski definition) is 2. The minimum atomic E-state index is -0.787. The summed E-state index contributed by atoms with van der Waals surface area (Å²) in [7, 11) is 0. The molecule has 0 spiro atoms. The van der Waals surface area contributed by atoms with Crippen molar-refractivity contribution in [1.29, 1.82) is 0 Å². The monoisotopic (exact) mass is 243 g/mol. The highest BCUT2D eigenvalue weighted by molar-refractivity contribution is 9.09. The van der Waals surface area contributed by atoms with Gasteiger partial charge in [0.05, 0.1) is 0 Å². The number of carbonyl (C=O) groups excluding carboxylic acids is 1. The summed E-state index contributed by atoms with van der Waals surface area (Å²) in [5, 5.41) is -0.466. The summed E-state index contributed by atoms with van der Waals surface area (Å²) in [5.74, 6) is 0. The molecule has 0 aliphatic rings. The van der Waals surface area contributed by atoms with Gasteiger partial charge in [0.25, 0.3) is 0 Å². The van der Waals surface area contributed by atoms with Crippen LogP contribution in [0.3, 0.4) is 0 Å². The van der Waals surface area contributed by atoms with Crippen LogP contribution in [0.15, 0.2) is 24.3 Å². The molecule has 0 saturated heterocycles. The Morgan fingerprint density at radius 1 is 1.54 bits per heavy atom. The van der Waals surface area contributed by atoms with E-state index in [2.05, 4.69) is 15.9 Å². The van der Waals surface area contributed by atoms with Gasteiger partial charge in [0, 0.05) is 5.56 Å². The van der Waals surface area contributed by atoms with E-state index < -0.39 is 11.1 Å². The molecule has 0 fully saturated rings. The number of ether oxygens (including phenoxy) is 1. The molecule has 1 aromatic carbocycles. The predicted octanol–water partition coefficient (Wildman–Crippen LogP) is 2.48. The molecule has 1 atom stereocenters. The topological polar surface area (TPSA) is 52.3 Å². The number of halogens is 1. The van der Waals surface area contributed by atoms with E-state index in [0.717, 1.165) is 11.1 Å². The molecule has 1 aromatic rings. The predicted molar refractivity (Wildman–Crippen MR) is 53.5 cm³/mol. The molecule has 70 valence electrons. The van der Waals surface area contributed by atoms with Gasteiger partial charge >= 0.3 is 6.09 Å². The van der Waals surface area contributed by atoms with Crippen LogP contribution in [0, 0.1) is 6.92 Å². The fourth-order valence-electron chi connectivity index (χ4n) is 1.01. The number of aryl methyl sites for hydroxylation is 1. The van der Waals surface area contributed by atoms with Gasteiger partial charge in [0.1, 0.15) is 0 Å².